The van der Waals surface area contributed by atoms with Crippen molar-refractivity contribution in [3.05, 3.63) is 68.5 Å². The maximum Gasteiger partial charge on any atom is 0.265 e. The smallest absolute Gasteiger partial charge is 0.265 e. The Morgan fingerprint density at radius 1 is 0.947 bits per heavy atom. The first-order valence-corrected chi connectivity index (χ1v) is 6.87. The molecule has 0 aliphatic rings. The Labute approximate surface area is 123 Å². The van der Waals surface area contributed by atoms with Crippen molar-refractivity contribution in [2.45, 2.75) is 0 Å². The molecule has 4 heteroatoms. The number of rotatable bonds is 2. The minimum Gasteiger partial charge on any atom is -0.455 e. The predicted molar refractivity (Wildman–Crippen MR) is 83.8 cm³/mol. The number of hydrogen-bond acceptors (Lipinski definition) is 2. The Morgan fingerprint density at radius 3 is 2.42 bits per heavy atom. The van der Waals surface area contributed by atoms with Crippen molar-refractivity contribution >= 4 is 33.5 Å². The number of benzene rings is 2. The molecule has 0 spiro atoms. The molecule has 0 amide bonds. The summed E-state index contributed by atoms with van der Waals surface area (Å²) in [5.41, 5.74) is 0.643. The lowest BCUT2D eigenvalue weighted by Gasteiger charge is -2.10. The molecule has 3 aromatic rings. The summed E-state index contributed by atoms with van der Waals surface area (Å²) < 4.78 is 6.43. The number of halogens is 1. The molecule has 1 N–H and O–H groups in total. The van der Waals surface area contributed by atoms with Crippen molar-refractivity contribution in [3.63, 3.8) is 0 Å². The monoisotopic (exact) mass is 363 g/mol. The van der Waals surface area contributed by atoms with Crippen LogP contribution in [0.5, 0.6) is 11.5 Å². The van der Waals surface area contributed by atoms with Crippen LogP contribution in [0.15, 0.2) is 59.4 Å². The van der Waals surface area contributed by atoms with Crippen LogP contribution in [-0.2, 0) is 0 Å². The zero-order valence-electron chi connectivity index (χ0n) is 9.89. The fourth-order valence-corrected chi connectivity index (χ4v) is 2.43. The van der Waals surface area contributed by atoms with Crippen LogP contribution in [0.4, 0.5) is 0 Å². The van der Waals surface area contributed by atoms with Gasteiger partial charge in [0.15, 0.2) is 5.75 Å². The molecule has 0 unspecified atom stereocenters. The molecule has 3 rings (SSSR count). The molecule has 0 bridgehead atoms. The van der Waals surface area contributed by atoms with E-state index in [1.54, 1.807) is 0 Å². The van der Waals surface area contributed by atoms with Crippen LogP contribution < -0.4 is 10.3 Å². The van der Waals surface area contributed by atoms with Crippen LogP contribution in [0, 0.1) is 3.57 Å². The second kappa shape index (κ2) is 5.05. The molecular weight excluding hydrogens is 353 g/mol. The van der Waals surface area contributed by atoms with Gasteiger partial charge in [0, 0.05) is 5.39 Å². The van der Waals surface area contributed by atoms with E-state index >= 15 is 0 Å². The highest BCUT2D eigenvalue weighted by molar-refractivity contribution is 14.1. The van der Waals surface area contributed by atoms with Crippen molar-refractivity contribution in [2.24, 2.45) is 0 Å². The number of hydrogen-bond donors (Lipinski definition) is 1. The molecule has 1 aromatic heterocycles. The van der Waals surface area contributed by atoms with E-state index in [9.17, 15) is 4.79 Å². The second-order valence-electron chi connectivity index (χ2n) is 4.06. The van der Waals surface area contributed by atoms with Gasteiger partial charge in [-0.15, -0.1) is 0 Å². The molecule has 1 heterocycles. The molecule has 0 saturated carbocycles. The van der Waals surface area contributed by atoms with Crippen LogP contribution in [0.1, 0.15) is 0 Å². The van der Waals surface area contributed by atoms with E-state index in [0.29, 0.717) is 9.32 Å². The Morgan fingerprint density at radius 2 is 1.63 bits per heavy atom. The Bertz CT molecular complexity index is 781. The Balaban J connectivity index is 2.22. The third kappa shape index (κ3) is 2.35. The molecule has 19 heavy (non-hydrogen) atoms. The molecule has 2 aromatic carbocycles. The summed E-state index contributed by atoms with van der Waals surface area (Å²) in [6, 6.07) is 17.1. The third-order valence-corrected chi connectivity index (χ3v) is 3.76. The summed E-state index contributed by atoms with van der Waals surface area (Å²) in [4.78, 5) is 14.7. The van der Waals surface area contributed by atoms with Crippen molar-refractivity contribution in [3.8, 4) is 11.5 Å². The quantitative estimate of drug-likeness (QED) is 0.702. The largest absolute Gasteiger partial charge is 0.455 e. The minimum atomic E-state index is -0.134. The highest BCUT2D eigenvalue weighted by atomic mass is 127. The van der Waals surface area contributed by atoms with Crippen molar-refractivity contribution in [1.82, 2.24) is 4.98 Å². The summed E-state index contributed by atoms with van der Waals surface area (Å²) in [5, 5.41) is 0.898. The van der Waals surface area contributed by atoms with Gasteiger partial charge in [0.25, 0.3) is 5.56 Å². The number of pyridine rings is 1. The molecule has 0 aliphatic carbocycles. The van der Waals surface area contributed by atoms with Gasteiger partial charge in [-0.2, -0.15) is 0 Å². The van der Waals surface area contributed by atoms with E-state index in [4.69, 9.17) is 4.74 Å². The van der Waals surface area contributed by atoms with Gasteiger partial charge in [-0.3, -0.25) is 4.79 Å². The van der Waals surface area contributed by atoms with Crippen molar-refractivity contribution < 1.29 is 4.74 Å². The molecule has 0 aliphatic heterocycles. The molecule has 0 fully saturated rings. The summed E-state index contributed by atoms with van der Waals surface area (Å²) in [6.07, 6.45) is 0. The molecule has 0 radical (unpaired) electrons. The first kappa shape index (κ1) is 12.2. The number of fused-ring (bicyclic) bond motifs is 1. The van der Waals surface area contributed by atoms with Crippen LogP contribution in [0.2, 0.25) is 0 Å². The lowest BCUT2D eigenvalue weighted by atomic mass is 10.2. The molecule has 0 saturated heterocycles. The number of aromatic amines is 1. The SMILES string of the molecule is O=c1[nH]c2ccccc2c(Oc2ccccc2)c1I. The molecule has 0 atom stereocenters. The van der Waals surface area contributed by atoms with Gasteiger partial charge in [0.05, 0.1) is 5.52 Å². The average Bonchev–Trinajstić information content (AvgIpc) is 2.45. The molecule has 3 nitrogen and oxygen atoms in total. The van der Waals surface area contributed by atoms with Crippen LogP contribution in [0.3, 0.4) is 0 Å². The average molecular weight is 363 g/mol. The van der Waals surface area contributed by atoms with Crippen LogP contribution in [0.25, 0.3) is 10.9 Å². The maximum absolute atomic E-state index is 11.9. The van der Waals surface area contributed by atoms with Gasteiger partial charge < -0.3 is 9.72 Å². The van der Waals surface area contributed by atoms with E-state index < -0.39 is 0 Å². The standard InChI is InChI=1S/C15H10INO2/c16-13-14(19-10-6-2-1-3-7-10)11-8-4-5-9-12(11)17-15(13)18/h1-9H,(H,17,18). The molecule has 94 valence electrons. The fraction of sp³-hybridized carbons (Fsp3) is 0. The fourth-order valence-electron chi connectivity index (χ4n) is 1.89. The maximum atomic E-state index is 11.9. The first-order chi connectivity index (χ1) is 9.25. The van der Waals surface area contributed by atoms with Gasteiger partial charge in [0.1, 0.15) is 9.32 Å². The van der Waals surface area contributed by atoms with Crippen molar-refractivity contribution in [1.29, 1.82) is 0 Å². The second-order valence-corrected chi connectivity index (χ2v) is 5.14. The van der Waals surface area contributed by atoms with E-state index in [-0.39, 0.29) is 5.56 Å². The number of para-hydroxylation sites is 2. The number of H-pyrrole nitrogens is 1. The topological polar surface area (TPSA) is 42.1 Å². The van der Waals surface area contributed by atoms with E-state index in [2.05, 4.69) is 4.98 Å². The van der Waals surface area contributed by atoms with Gasteiger partial charge >= 0.3 is 0 Å². The minimum absolute atomic E-state index is 0.134. The highest BCUT2D eigenvalue weighted by Gasteiger charge is 2.12. The van der Waals surface area contributed by atoms with E-state index in [0.717, 1.165) is 16.7 Å². The number of aromatic nitrogens is 1. The van der Waals surface area contributed by atoms with Gasteiger partial charge in [-0.05, 0) is 46.9 Å². The van der Waals surface area contributed by atoms with Gasteiger partial charge in [-0.1, -0.05) is 30.3 Å². The summed E-state index contributed by atoms with van der Waals surface area (Å²) in [7, 11) is 0. The third-order valence-electron chi connectivity index (χ3n) is 2.78. The van der Waals surface area contributed by atoms with Crippen LogP contribution >= 0.6 is 22.6 Å². The van der Waals surface area contributed by atoms with E-state index in [1.165, 1.54) is 0 Å². The lowest BCUT2D eigenvalue weighted by molar-refractivity contribution is 0.484. The number of ether oxygens (including phenoxy) is 1. The summed E-state index contributed by atoms with van der Waals surface area (Å²) in [6.45, 7) is 0. The van der Waals surface area contributed by atoms with Gasteiger partial charge in [-0.25, -0.2) is 0 Å². The van der Waals surface area contributed by atoms with Gasteiger partial charge in [0.2, 0.25) is 0 Å². The Kier molecular flexibility index (Phi) is 3.25. The van der Waals surface area contributed by atoms with Crippen molar-refractivity contribution in [2.75, 3.05) is 0 Å². The zero-order valence-corrected chi connectivity index (χ0v) is 12.0. The number of nitrogens with one attached hydrogen (secondary N) is 1. The normalized spacial score (nSPS) is 10.6. The summed E-state index contributed by atoms with van der Waals surface area (Å²) in [5.74, 6) is 1.32. The lowest BCUT2D eigenvalue weighted by Crippen LogP contribution is -2.11. The first-order valence-electron chi connectivity index (χ1n) is 5.79. The highest BCUT2D eigenvalue weighted by Crippen LogP contribution is 2.31. The predicted octanol–water partition coefficient (Wildman–Crippen LogP) is 3.93. The zero-order chi connectivity index (χ0) is 13.2. The Hall–Kier alpha value is -1.82. The summed E-state index contributed by atoms with van der Waals surface area (Å²) >= 11 is 2.01. The molecular formula is C15H10INO2. The van der Waals surface area contributed by atoms with Crippen LogP contribution in [-0.4, -0.2) is 4.98 Å². The van der Waals surface area contributed by atoms with E-state index in [1.807, 2.05) is 77.2 Å².